The lowest BCUT2D eigenvalue weighted by atomic mass is 10.8. The Morgan fingerprint density at radius 3 is 2.30 bits per heavy atom. The van der Waals surface area contributed by atoms with E-state index in [1.54, 1.807) is 12.4 Å². The van der Waals surface area contributed by atoms with Crippen LogP contribution < -0.4 is 5.84 Å². The van der Waals surface area contributed by atoms with E-state index in [2.05, 4.69) is 20.5 Å². The topological polar surface area (TPSA) is 101 Å². The van der Waals surface area contributed by atoms with Crippen LogP contribution in [0.2, 0.25) is 0 Å². The van der Waals surface area contributed by atoms with Gasteiger partial charge < -0.3 is 0 Å². The fourth-order valence-corrected chi connectivity index (χ4v) is 0.215. The monoisotopic (exact) mass is 162 g/mol. The summed E-state index contributed by atoms with van der Waals surface area (Å²) in [6.07, 6.45) is 3.46. The Morgan fingerprint density at radius 2 is 2.20 bits per heavy atom. The molecule has 0 aliphatic carbocycles. The van der Waals surface area contributed by atoms with Crippen LogP contribution in [0.4, 0.5) is 0 Å². The minimum absolute atomic E-state index is 1.69. The van der Waals surface area contributed by atoms with Crippen LogP contribution in [0.15, 0.2) is 22.9 Å². The molecule has 0 saturated heterocycles. The molecule has 1 aromatic rings. The molecule has 1 aromatic heterocycles. The minimum atomic E-state index is -2.42. The van der Waals surface area contributed by atoms with E-state index in [0.717, 1.165) is 0 Å². The summed E-state index contributed by atoms with van der Waals surface area (Å²) in [7, 11) is -2.42. The summed E-state index contributed by atoms with van der Waals surface area (Å²) in [5.74, 6) is 4.18. The van der Waals surface area contributed by atoms with E-state index in [4.69, 9.17) is 8.42 Å². The second-order valence-corrected chi connectivity index (χ2v) is 1.73. The minimum Gasteiger partial charge on any atom is -0.286 e. The van der Waals surface area contributed by atoms with Crippen molar-refractivity contribution in [3.8, 4) is 0 Å². The van der Waals surface area contributed by atoms with Crippen LogP contribution in [0.1, 0.15) is 0 Å². The van der Waals surface area contributed by atoms with Crippen molar-refractivity contribution in [2.75, 3.05) is 0 Å². The maximum absolute atomic E-state index is 9.08. The number of H-pyrrole nitrogens is 1. The Morgan fingerprint density at radius 1 is 1.60 bits per heavy atom. The van der Waals surface area contributed by atoms with Crippen LogP contribution in [0, 0.1) is 0 Å². The summed E-state index contributed by atoms with van der Waals surface area (Å²) < 4.78 is 20.5. The van der Waals surface area contributed by atoms with Gasteiger partial charge in [0, 0.05) is 12.4 Å². The first-order valence-corrected chi connectivity index (χ1v) is 3.24. The number of nitrogens with one attached hydrogen (secondary N) is 1. The summed E-state index contributed by atoms with van der Waals surface area (Å²) in [5, 5.41) is 6.21. The van der Waals surface area contributed by atoms with Crippen LogP contribution in [0.25, 0.3) is 0 Å². The van der Waals surface area contributed by atoms with Crippen LogP contribution in [-0.2, 0) is 10.5 Å². The molecule has 7 heteroatoms. The first kappa shape index (κ1) is 8.79. The number of nitrogens with two attached hydrogens (primary N) is 1. The highest BCUT2D eigenvalue weighted by Gasteiger charge is 1.56. The summed E-state index contributed by atoms with van der Waals surface area (Å²) in [4.78, 5) is 0. The first-order chi connectivity index (χ1) is 4.77. The molecule has 0 amide bonds. The number of hydrogen-bond donors (Lipinski definition) is 2. The number of rotatable bonds is 0. The second kappa shape index (κ2) is 5.92. The van der Waals surface area contributed by atoms with Crippen LogP contribution in [0.3, 0.4) is 0 Å². The molecule has 0 spiro atoms. The highest BCUT2D eigenvalue weighted by molar-refractivity contribution is 7.61. The van der Waals surface area contributed by atoms with E-state index in [9.17, 15) is 0 Å². The second-order valence-electron chi connectivity index (χ2n) is 1.09. The fourth-order valence-electron chi connectivity index (χ4n) is 0.215. The third kappa shape index (κ3) is 6.79. The molecule has 0 saturated carbocycles. The standard InChI is InChI=1S/C3H4N2.H2N2O2S/c1-2-4-5-3-1;1-2-5(3)4/h1-3H,(H,4,5);1H2. The zero-order valence-electron chi connectivity index (χ0n) is 4.93. The number of hydrogen-bond acceptors (Lipinski definition) is 4. The maximum Gasteiger partial charge on any atom is 0.327 e. The van der Waals surface area contributed by atoms with Crippen molar-refractivity contribution in [3.05, 3.63) is 18.5 Å². The molecule has 56 valence electrons. The molecule has 0 aromatic carbocycles. The van der Waals surface area contributed by atoms with E-state index in [1.807, 2.05) is 6.07 Å². The first-order valence-electron chi connectivity index (χ1n) is 2.21. The largest absolute Gasteiger partial charge is 0.327 e. The van der Waals surface area contributed by atoms with Gasteiger partial charge in [0.05, 0.1) is 0 Å². The lowest BCUT2D eigenvalue weighted by molar-refractivity contribution is 0.620. The number of aromatic nitrogens is 2. The van der Waals surface area contributed by atoms with Gasteiger partial charge in [0.1, 0.15) is 0 Å². The molecule has 0 aliphatic rings. The predicted octanol–water partition coefficient (Wildman–Crippen LogP) is -0.668. The third-order valence-electron chi connectivity index (χ3n) is 0.492. The quantitative estimate of drug-likeness (QED) is 0.390. The molecule has 0 atom stereocenters. The molecule has 3 N–H and O–H groups in total. The average Bonchev–Trinajstić information content (AvgIpc) is 2.43. The fraction of sp³-hybridized carbons (Fsp3) is 0. The molecule has 0 radical (unpaired) electrons. The lowest BCUT2D eigenvalue weighted by Gasteiger charge is -1.49. The zero-order valence-corrected chi connectivity index (χ0v) is 5.75. The van der Waals surface area contributed by atoms with Gasteiger partial charge in [-0.1, -0.05) is 4.47 Å². The highest BCUT2D eigenvalue weighted by Crippen LogP contribution is 1.64. The van der Waals surface area contributed by atoms with Crippen molar-refractivity contribution in [1.29, 1.82) is 0 Å². The summed E-state index contributed by atoms with van der Waals surface area (Å²) in [6, 6.07) is 1.83. The number of nitrogens with zero attached hydrogens (tertiary/aromatic N) is 2. The van der Waals surface area contributed by atoms with Gasteiger partial charge in [0.25, 0.3) is 0 Å². The van der Waals surface area contributed by atoms with Gasteiger partial charge in [0.15, 0.2) is 0 Å². The van der Waals surface area contributed by atoms with Crippen LogP contribution in [-0.4, -0.2) is 18.6 Å². The molecule has 1 heterocycles. The number of aromatic amines is 1. The van der Waals surface area contributed by atoms with Crippen molar-refractivity contribution in [2.24, 2.45) is 10.3 Å². The van der Waals surface area contributed by atoms with Crippen molar-refractivity contribution >= 4 is 10.5 Å². The van der Waals surface area contributed by atoms with Gasteiger partial charge in [-0.2, -0.15) is 13.5 Å². The van der Waals surface area contributed by atoms with Gasteiger partial charge in [0.2, 0.25) is 0 Å². The van der Waals surface area contributed by atoms with Crippen LogP contribution in [0.5, 0.6) is 0 Å². The molecule has 6 nitrogen and oxygen atoms in total. The molecular weight excluding hydrogens is 156 g/mol. The average molecular weight is 162 g/mol. The Hall–Kier alpha value is -1.21. The summed E-state index contributed by atoms with van der Waals surface area (Å²) >= 11 is 0. The van der Waals surface area contributed by atoms with Crippen molar-refractivity contribution in [2.45, 2.75) is 0 Å². The molecular formula is C3H6N4O2S. The van der Waals surface area contributed by atoms with Gasteiger partial charge in [-0.15, -0.1) is 0 Å². The highest BCUT2D eigenvalue weighted by atomic mass is 32.2. The Balaban J connectivity index is 0.000000162. The summed E-state index contributed by atoms with van der Waals surface area (Å²) in [5.41, 5.74) is 0. The molecule has 0 bridgehead atoms. The molecule has 10 heavy (non-hydrogen) atoms. The normalized spacial score (nSPS) is 7.30. The third-order valence-corrected chi connectivity index (χ3v) is 0.664. The van der Waals surface area contributed by atoms with Gasteiger partial charge in [-0.3, -0.25) is 5.10 Å². The van der Waals surface area contributed by atoms with Gasteiger partial charge in [-0.25, -0.2) is 5.84 Å². The summed E-state index contributed by atoms with van der Waals surface area (Å²) in [6.45, 7) is 0. The smallest absolute Gasteiger partial charge is 0.286 e. The van der Waals surface area contributed by atoms with E-state index < -0.39 is 10.5 Å². The molecule has 0 aliphatic heterocycles. The van der Waals surface area contributed by atoms with E-state index in [1.165, 1.54) is 0 Å². The van der Waals surface area contributed by atoms with Gasteiger partial charge >= 0.3 is 10.5 Å². The SMILES string of the molecule is NN=S(=O)=O.c1cn[nH]c1. The zero-order chi connectivity index (χ0) is 7.82. The maximum atomic E-state index is 9.08. The Labute approximate surface area is 58.7 Å². The van der Waals surface area contributed by atoms with Crippen molar-refractivity contribution in [1.82, 2.24) is 10.2 Å². The van der Waals surface area contributed by atoms with Crippen molar-refractivity contribution in [3.63, 3.8) is 0 Å². The van der Waals surface area contributed by atoms with E-state index in [-0.39, 0.29) is 0 Å². The predicted molar refractivity (Wildman–Crippen MR) is 34.1 cm³/mol. The molecule has 0 fully saturated rings. The Kier molecular flexibility index (Phi) is 5.20. The van der Waals surface area contributed by atoms with Crippen molar-refractivity contribution < 1.29 is 8.42 Å². The lowest BCUT2D eigenvalue weighted by Crippen LogP contribution is -1.73. The van der Waals surface area contributed by atoms with Gasteiger partial charge in [-0.05, 0) is 6.07 Å². The van der Waals surface area contributed by atoms with E-state index >= 15 is 0 Å². The molecule has 1 rings (SSSR count). The van der Waals surface area contributed by atoms with E-state index in [0.29, 0.717) is 0 Å². The van der Waals surface area contributed by atoms with Crippen LogP contribution >= 0.6 is 0 Å². The Bertz CT molecular complexity index is 237. The molecule has 0 unspecified atom stereocenters.